The first kappa shape index (κ1) is 15.4. The molecule has 0 saturated heterocycles. The van der Waals surface area contributed by atoms with Crippen molar-refractivity contribution in [3.05, 3.63) is 17.3 Å². The minimum absolute atomic E-state index is 0.0102. The van der Waals surface area contributed by atoms with Gasteiger partial charge in [-0.25, -0.2) is 9.78 Å². The van der Waals surface area contributed by atoms with E-state index in [1.54, 1.807) is 0 Å². The Morgan fingerprint density at radius 3 is 2.47 bits per heavy atom. The molecule has 1 aromatic rings. The molecule has 106 valence electrons. The number of carbonyl (C=O) groups is 1. The molecule has 0 aliphatic rings. The van der Waals surface area contributed by atoms with Crippen LogP contribution >= 0.6 is 11.6 Å². The number of esters is 1. The molecular formula is C10H9ClF3NO4. The molecule has 0 aromatic carbocycles. The fourth-order valence-electron chi connectivity index (χ4n) is 1.23. The SMILES string of the molecule is COC(=O)c1cc(OC)c(CCl)nc1OC(F)(F)F. The first-order chi connectivity index (χ1) is 8.82. The van der Waals surface area contributed by atoms with Crippen LogP contribution in [0.2, 0.25) is 0 Å². The van der Waals surface area contributed by atoms with Gasteiger partial charge in [-0.3, -0.25) is 0 Å². The third-order valence-corrected chi connectivity index (χ3v) is 2.24. The molecule has 1 rings (SSSR count). The summed E-state index contributed by atoms with van der Waals surface area (Å²) >= 11 is 5.52. The molecule has 0 unspecified atom stereocenters. The highest BCUT2D eigenvalue weighted by molar-refractivity contribution is 6.17. The summed E-state index contributed by atoms with van der Waals surface area (Å²) in [7, 11) is 2.28. The molecule has 5 nitrogen and oxygen atoms in total. The van der Waals surface area contributed by atoms with Crippen LogP contribution in [-0.2, 0) is 10.6 Å². The van der Waals surface area contributed by atoms with Crippen molar-refractivity contribution in [3.63, 3.8) is 0 Å². The molecule has 0 saturated carbocycles. The lowest BCUT2D eigenvalue weighted by atomic mass is 10.2. The molecule has 19 heavy (non-hydrogen) atoms. The number of aromatic nitrogens is 1. The second-order valence-corrected chi connectivity index (χ2v) is 3.43. The number of alkyl halides is 4. The van der Waals surface area contributed by atoms with Crippen molar-refractivity contribution in [3.8, 4) is 11.6 Å². The molecule has 0 aliphatic carbocycles. The molecule has 0 radical (unpaired) electrons. The van der Waals surface area contributed by atoms with E-state index in [9.17, 15) is 18.0 Å². The van der Waals surface area contributed by atoms with Crippen LogP contribution in [0.4, 0.5) is 13.2 Å². The maximum Gasteiger partial charge on any atom is 0.574 e. The maximum atomic E-state index is 12.2. The molecule has 0 fully saturated rings. The minimum atomic E-state index is -4.99. The molecule has 0 bridgehead atoms. The smallest absolute Gasteiger partial charge is 0.495 e. The summed E-state index contributed by atoms with van der Waals surface area (Å²) < 4.78 is 49.6. The third-order valence-electron chi connectivity index (χ3n) is 1.99. The number of hydrogen-bond donors (Lipinski definition) is 0. The van der Waals surface area contributed by atoms with Crippen molar-refractivity contribution in [1.29, 1.82) is 0 Å². The Hall–Kier alpha value is -1.70. The zero-order valence-corrected chi connectivity index (χ0v) is 10.6. The predicted molar refractivity (Wildman–Crippen MR) is 58.4 cm³/mol. The van der Waals surface area contributed by atoms with Crippen LogP contribution in [0.15, 0.2) is 6.07 Å². The van der Waals surface area contributed by atoms with Crippen LogP contribution in [0.3, 0.4) is 0 Å². The highest BCUT2D eigenvalue weighted by Gasteiger charge is 2.34. The first-order valence-corrected chi connectivity index (χ1v) is 5.33. The highest BCUT2D eigenvalue weighted by atomic mass is 35.5. The number of hydrogen-bond acceptors (Lipinski definition) is 5. The van der Waals surface area contributed by atoms with Gasteiger partial charge >= 0.3 is 12.3 Å². The molecular weight excluding hydrogens is 291 g/mol. The van der Waals surface area contributed by atoms with E-state index in [0.717, 1.165) is 13.2 Å². The van der Waals surface area contributed by atoms with Gasteiger partial charge in [-0.15, -0.1) is 24.8 Å². The van der Waals surface area contributed by atoms with Gasteiger partial charge in [0, 0.05) is 6.07 Å². The van der Waals surface area contributed by atoms with Crippen molar-refractivity contribution in [2.45, 2.75) is 12.2 Å². The van der Waals surface area contributed by atoms with E-state index in [1.165, 1.54) is 7.11 Å². The summed E-state index contributed by atoms with van der Waals surface area (Å²) in [6.45, 7) is 0. The van der Waals surface area contributed by atoms with Crippen LogP contribution in [-0.4, -0.2) is 31.5 Å². The zero-order chi connectivity index (χ0) is 14.6. The van der Waals surface area contributed by atoms with E-state index in [0.29, 0.717) is 0 Å². The Balaban J connectivity index is 3.35. The van der Waals surface area contributed by atoms with E-state index in [1.807, 2.05) is 0 Å². The van der Waals surface area contributed by atoms with Crippen molar-refractivity contribution in [2.24, 2.45) is 0 Å². The van der Waals surface area contributed by atoms with E-state index in [-0.39, 0.29) is 17.3 Å². The Labute approximate surface area is 111 Å². The number of ether oxygens (including phenoxy) is 3. The van der Waals surface area contributed by atoms with Gasteiger partial charge in [0.15, 0.2) is 0 Å². The summed E-state index contributed by atoms with van der Waals surface area (Å²) in [4.78, 5) is 14.9. The Bertz CT molecular complexity index is 479. The number of halogens is 4. The van der Waals surface area contributed by atoms with Gasteiger partial charge in [0.25, 0.3) is 0 Å². The molecule has 0 atom stereocenters. The van der Waals surface area contributed by atoms with Gasteiger partial charge < -0.3 is 14.2 Å². The van der Waals surface area contributed by atoms with E-state index in [2.05, 4.69) is 14.5 Å². The van der Waals surface area contributed by atoms with Crippen molar-refractivity contribution in [1.82, 2.24) is 4.98 Å². The second kappa shape index (κ2) is 5.96. The van der Waals surface area contributed by atoms with E-state index >= 15 is 0 Å². The van der Waals surface area contributed by atoms with Gasteiger partial charge in [-0.1, -0.05) is 0 Å². The van der Waals surface area contributed by atoms with Crippen LogP contribution in [0.1, 0.15) is 16.1 Å². The lowest BCUT2D eigenvalue weighted by Gasteiger charge is -2.14. The van der Waals surface area contributed by atoms with Crippen molar-refractivity contribution < 1.29 is 32.2 Å². The second-order valence-electron chi connectivity index (χ2n) is 3.16. The van der Waals surface area contributed by atoms with Crippen LogP contribution < -0.4 is 9.47 Å². The van der Waals surface area contributed by atoms with Gasteiger partial charge in [0.2, 0.25) is 5.88 Å². The van der Waals surface area contributed by atoms with Gasteiger partial charge in [0.1, 0.15) is 17.0 Å². The monoisotopic (exact) mass is 299 g/mol. The summed E-state index contributed by atoms with van der Waals surface area (Å²) in [5.74, 6) is -2.12. The highest BCUT2D eigenvalue weighted by Crippen LogP contribution is 2.30. The molecule has 0 amide bonds. The molecule has 9 heteroatoms. The van der Waals surface area contributed by atoms with Crippen LogP contribution in [0.25, 0.3) is 0 Å². The van der Waals surface area contributed by atoms with Crippen LogP contribution in [0.5, 0.6) is 11.6 Å². The summed E-state index contributed by atoms with van der Waals surface area (Å²) in [6.07, 6.45) is -4.99. The fraction of sp³-hybridized carbons (Fsp3) is 0.400. The number of rotatable bonds is 4. The number of pyridine rings is 1. The van der Waals surface area contributed by atoms with Crippen molar-refractivity contribution >= 4 is 17.6 Å². The Kier molecular flexibility index (Phi) is 4.82. The van der Waals surface area contributed by atoms with E-state index in [4.69, 9.17) is 16.3 Å². The average molecular weight is 300 g/mol. The molecule has 0 N–H and O–H groups in total. The van der Waals surface area contributed by atoms with Gasteiger partial charge in [-0.05, 0) is 0 Å². The number of carbonyl (C=O) groups excluding carboxylic acids is 1. The maximum absolute atomic E-state index is 12.2. The quantitative estimate of drug-likeness (QED) is 0.631. The molecule has 1 aromatic heterocycles. The fourth-order valence-corrected chi connectivity index (χ4v) is 1.42. The van der Waals surface area contributed by atoms with E-state index < -0.39 is 23.8 Å². The number of methoxy groups -OCH3 is 2. The lowest BCUT2D eigenvalue weighted by molar-refractivity contribution is -0.276. The summed E-state index contributed by atoms with van der Waals surface area (Å²) in [6, 6.07) is 1.03. The molecule has 0 spiro atoms. The normalized spacial score (nSPS) is 11.1. The van der Waals surface area contributed by atoms with Crippen molar-refractivity contribution in [2.75, 3.05) is 14.2 Å². The van der Waals surface area contributed by atoms with Gasteiger partial charge in [0.05, 0.1) is 20.1 Å². The minimum Gasteiger partial charge on any atom is -0.495 e. The zero-order valence-electron chi connectivity index (χ0n) is 9.88. The first-order valence-electron chi connectivity index (χ1n) is 4.80. The molecule has 0 aliphatic heterocycles. The predicted octanol–water partition coefficient (Wildman–Crippen LogP) is 2.51. The number of nitrogens with zero attached hydrogens (tertiary/aromatic N) is 1. The lowest BCUT2D eigenvalue weighted by Crippen LogP contribution is -2.21. The Morgan fingerprint density at radius 2 is 2.05 bits per heavy atom. The topological polar surface area (TPSA) is 57.7 Å². The molecule has 1 heterocycles. The standard InChI is InChI=1S/C10H9ClF3NO4/c1-17-7-3-5(9(16)18-2)8(15-6(7)4-11)19-10(12,13)14/h3H,4H2,1-2H3. The summed E-state index contributed by atoms with van der Waals surface area (Å²) in [5, 5.41) is 0. The largest absolute Gasteiger partial charge is 0.574 e. The van der Waals surface area contributed by atoms with Crippen LogP contribution in [0, 0.1) is 0 Å². The average Bonchev–Trinajstić information content (AvgIpc) is 2.35. The Morgan fingerprint density at radius 1 is 1.42 bits per heavy atom. The van der Waals surface area contributed by atoms with Gasteiger partial charge in [-0.2, -0.15) is 0 Å². The summed E-state index contributed by atoms with van der Waals surface area (Å²) in [5.41, 5.74) is -0.499. The third kappa shape index (κ3) is 3.88.